The highest BCUT2D eigenvalue weighted by Gasteiger charge is 2.23. The van der Waals surface area contributed by atoms with Crippen molar-refractivity contribution in [3.05, 3.63) is 64.7 Å². The van der Waals surface area contributed by atoms with E-state index >= 15 is 0 Å². The zero-order chi connectivity index (χ0) is 20.6. The number of rotatable bonds is 6. The summed E-state index contributed by atoms with van der Waals surface area (Å²) in [6.07, 6.45) is -0.119. The molecule has 0 radical (unpaired) electrons. The summed E-state index contributed by atoms with van der Waals surface area (Å²) in [4.78, 5) is 37.0. The van der Waals surface area contributed by atoms with Crippen molar-refractivity contribution in [1.82, 2.24) is 5.32 Å². The van der Waals surface area contributed by atoms with E-state index in [1.54, 1.807) is 53.4 Å². The highest BCUT2D eigenvalue weighted by molar-refractivity contribution is 6.30. The van der Waals surface area contributed by atoms with Crippen molar-refractivity contribution in [2.75, 3.05) is 24.6 Å². The minimum absolute atomic E-state index is 0.101. The van der Waals surface area contributed by atoms with Crippen LogP contribution in [-0.4, -0.2) is 37.5 Å². The van der Waals surface area contributed by atoms with Gasteiger partial charge in [0.05, 0.1) is 13.1 Å². The lowest BCUT2D eigenvalue weighted by atomic mass is 10.1. The second-order valence-electron chi connectivity index (χ2n) is 6.32. The van der Waals surface area contributed by atoms with Gasteiger partial charge in [0.1, 0.15) is 6.61 Å². The molecule has 1 saturated heterocycles. The zero-order valence-electron chi connectivity index (χ0n) is 15.6. The molecule has 6 nitrogen and oxygen atoms in total. The van der Waals surface area contributed by atoms with Gasteiger partial charge in [0.25, 0.3) is 0 Å². The van der Waals surface area contributed by atoms with E-state index in [4.69, 9.17) is 16.3 Å². The summed E-state index contributed by atoms with van der Waals surface area (Å²) >= 11 is 5.79. The van der Waals surface area contributed by atoms with E-state index in [0.717, 1.165) is 11.3 Å². The van der Waals surface area contributed by atoms with Gasteiger partial charge in [-0.1, -0.05) is 23.4 Å². The fraction of sp³-hybridized carbons (Fsp3) is 0.227. The van der Waals surface area contributed by atoms with Crippen LogP contribution in [0, 0.1) is 11.8 Å². The van der Waals surface area contributed by atoms with E-state index in [1.165, 1.54) is 0 Å². The van der Waals surface area contributed by atoms with Crippen LogP contribution in [0.5, 0.6) is 0 Å². The quantitative estimate of drug-likeness (QED) is 0.584. The molecule has 1 N–H and O–H groups in total. The van der Waals surface area contributed by atoms with E-state index in [9.17, 15) is 14.4 Å². The Labute approximate surface area is 173 Å². The van der Waals surface area contributed by atoms with Crippen molar-refractivity contribution in [2.45, 2.75) is 12.8 Å². The van der Waals surface area contributed by atoms with Crippen LogP contribution in [0.2, 0.25) is 5.02 Å². The van der Waals surface area contributed by atoms with Gasteiger partial charge >= 0.3 is 6.09 Å². The van der Waals surface area contributed by atoms with Crippen LogP contribution in [0.1, 0.15) is 28.8 Å². The van der Waals surface area contributed by atoms with Gasteiger partial charge in [0.2, 0.25) is 5.91 Å². The van der Waals surface area contributed by atoms with Crippen molar-refractivity contribution in [1.29, 1.82) is 0 Å². The van der Waals surface area contributed by atoms with Gasteiger partial charge in [0, 0.05) is 34.7 Å². The predicted octanol–water partition coefficient (Wildman–Crippen LogP) is 3.43. The maximum atomic E-state index is 12.0. The minimum Gasteiger partial charge on any atom is -0.447 e. The van der Waals surface area contributed by atoms with E-state index in [0.29, 0.717) is 23.7 Å². The summed E-state index contributed by atoms with van der Waals surface area (Å²) in [5, 5.41) is 3.24. The van der Waals surface area contributed by atoms with Crippen molar-refractivity contribution in [3.63, 3.8) is 0 Å². The third-order valence-electron chi connectivity index (χ3n) is 4.29. The van der Waals surface area contributed by atoms with Gasteiger partial charge in [0.15, 0.2) is 5.78 Å². The Balaban J connectivity index is 1.41. The molecule has 0 saturated carbocycles. The fourth-order valence-electron chi connectivity index (χ4n) is 2.74. The minimum atomic E-state index is -0.346. The van der Waals surface area contributed by atoms with Crippen LogP contribution in [-0.2, 0) is 9.53 Å². The Hall–Kier alpha value is -3.30. The molecule has 1 aliphatic heterocycles. The van der Waals surface area contributed by atoms with Crippen LogP contribution in [0.4, 0.5) is 10.5 Å². The van der Waals surface area contributed by atoms with Crippen LogP contribution in [0.15, 0.2) is 48.5 Å². The molecule has 29 heavy (non-hydrogen) atoms. The monoisotopic (exact) mass is 410 g/mol. The summed E-state index contributed by atoms with van der Waals surface area (Å²) < 4.78 is 4.91. The summed E-state index contributed by atoms with van der Waals surface area (Å²) in [6.45, 7) is 1.12. The Kier molecular flexibility index (Phi) is 6.88. The number of halogens is 1. The molecule has 0 spiro atoms. The highest BCUT2D eigenvalue weighted by atomic mass is 35.5. The SMILES string of the molecule is O=C(CCC(=O)c1ccc(Cl)cc1)NCC#Cc1ccc(N2CCOC2=O)cc1. The Morgan fingerprint density at radius 1 is 1.07 bits per heavy atom. The van der Waals surface area contributed by atoms with Crippen LogP contribution >= 0.6 is 11.6 Å². The number of amides is 2. The molecule has 1 aliphatic rings. The Morgan fingerprint density at radius 3 is 2.45 bits per heavy atom. The second kappa shape index (κ2) is 9.76. The third-order valence-corrected chi connectivity index (χ3v) is 4.54. The molecule has 1 fully saturated rings. The summed E-state index contributed by atoms with van der Waals surface area (Å²) in [5.41, 5.74) is 2.07. The molecule has 0 aliphatic carbocycles. The Bertz CT molecular complexity index is 959. The first kappa shape index (κ1) is 20.4. The van der Waals surface area contributed by atoms with Gasteiger partial charge in [-0.3, -0.25) is 14.5 Å². The predicted molar refractivity (Wildman–Crippen MR) is 110 cm³/mol. The molecule has 3 rings (SSSR count). The molecule has 1 heterocycles. The van der Waals surface area contributed by atoms with Gasteiger partial charge in [-0.25, -0.2) is 4.79 Å². The van der Waals surface area contributed by atoms with Gasteiger partial charge < -0.3 is 10.1 Å². The smallest absolute Gasteiger partial charge is 0.414 e. The lowest BCUT2D eigenvalue weighted by molar-refractivity contribution is -0.120. The number of carbonyl (C=O) groups is 3. The summed E-state index contributed by atoms with van der Waals surface area (Å²) in [5.74, 6) is 5.48. The summed E-state index contributed by atoms with van der Waals surface area (Å²) in [7, 11) is 0. The molecule has 0 aromatic heterocycles. The molecular weight excluding hydrogens is 392 g/mol. The molecule has 7 heteroatoms. The maximum Gasteiger partial charge on any atom is 0.414 e. The lowest BCUT2D eigenvalue weighted by Gasteiger charge is -2.11. The number of nitrogens with zero attached hydrogens (tertiary/aromatic N) is 1. The molecular formula is C22H19ClN2O4. The first-order valence-electron chi connectivity index (χ1n) is 9.11. The second-order valence-corrected chi connectivity index (χ2v) is 6.76. The first-order chi connectivity index (χ1) is 14.0. The van der Waals surface area contributed by atoms with E-state index < -0.39 is 0 Å². The number of carbonyl (C=O) groups excluding carboxylic acids is 3. The number of benzene rings is 2. The molecule has 0 unspecified atom stereocenters. The fourth-order valence-corrected chi connectivity index (χ4v) is 2.86. The topological polar surface area (TPSA) is 75.7 Å². The number of anilines is 1. The zero-order valence-corrected chi connectivity index (χ0v) is 16.4. The molecule has 0 atom stereocenters. The molecule has 148 valence electrons. The van der Waals surface area contributed by atoms with Gasteiger partial charge in [-0.2, -0.15) is 0 Å². The highest BCUT2D eigenvalue weighted by Crippen LogP contribution is 2.18. The van der Waals surface area contributed by atoms with Crippen molar-refractivity contribution < 1.29 is 19.1 Å². The van der Waals surface area contributed by atoms with Gasteiger partial charge in [-0.15, -0.1) is 0 Å². The van der Waals surface area contributed by atoms with Crippen LogP contribution < -0.4 is 10.2 Å². The molecule has 2 amide bonds. The number of Topliss-reactive ketones (excluding diaryl/α,β-unsaturated/α-hetero) is 1. The number of hydrogen-bond donors (Lipinski definition) is 1. The lowest BCUT2D eigenvalue weighted by Crippen LogP contribution is -2.24. The number of cyclic esters (lactones) is 1. The van der Waals surface area contributed by atoms with E-state index in [2.05, 4.69) is 17.2 Å². The van der Waals surface area contributed by atoms with Crippen LogP contribution in [0.3, 0.4) is 0 Å². The average Bonchev–Trinajstić information content (AvgIpc) is 3.16. The number of ketones is 1. The number of ether oxygens (including phenoxy) is 1. The molecule has 2 aromatic rings. The standard InChI is InChI=1S/C22H19ClN2O4/c23-18-7-5-17(6-8-18)20(26)11-12-21(27)24-13-1-2-16-3-9-19(10-4-16)25-14-15-29-22(25)28/h3-10H,11-15H2,(H,24,27). The normalized spacial score (nSPS) is 12.7. The van der Waals surface area contributed by atoms with Gasteiger partial charge in [-0.05, 0) is 48.5 Å². The number of nitrogens with one attached hydrogen (secondary N) is 1. The van der Waals surface area contributed by atoms with Crippen LogP contribution in [0.25, 0.3) is 0 Å². The van der Waals surface area contributed by atoms with Crippen molar-refractivity contribution in [2.24, 2.45) is 0 Å². The average molecular weight is 411 g/mol. The van der Waals surface area contributed by atoms with E-state index in [-0.39, 0.29) is 37.2 Å². The first-order valence-corrected chi connectivity index (χ1v) is 9.49. The Morgan fingerprint density at radius 2 is 1.79 bits per heavy atom. The molecule has 2 aromatic carbocycles. The summed E-state index contributed by atoms with van der Waals surface area (Å²) in [6, 6.07) is 13.8. The largest absolute Gasteiger partial charge is 0.447 e. The van der Waals surface area contributed by atoms with Crippen molar-refractivity contribution >= 4 is 35.1 Å². The van der Waals surface area contributed by atoms with E-state index in [1.807, 2.05) is 0 Å². The van der Waals surface area contributed by atoms with Crippen molar-refractivity contribution in [3.8, 4) is 11.8 Å². The third kappa shape index (κ3) is 5.84. The number of hydrogen-bond acceptors (Lipinski definition) is 4. The molecule has 0 bridgehead atoms. The maximum absolute atomic E-state index is 12.0.